The van der Waals surface area contributed by atoms with Crippen LogP contribution >= 0.6 is 0 Å². The van der Waals surface area contributed by atoms with E-state index >= 15 is 0 Å². The average Bonchev–Trinajstić information content (AvgIpc) is 3.25. The van der Waals surface area contributed by atoms with Gasteiger partial charge in [-0.15, -0.1) is 0 Å². The number of nitrogens with one attached hydrogen (secondary N) is 1. The predicted octanol–water partition coefficient (Wildman–Crippen LogP) is 1.16. The van der Waals surface area contributed by atoms with Crippen molar-refractivity contribution in [2.45, 2.75) is 24.3 Å². The van der Waals surface area contributed by atoms with Crippen LogP contribution in [0.4, 0.5) is 8.78 Å². The van der Waals surface area contributed by atoms with Gasteiger partial charge in [-0.05, 0) is 36.5 Å². The van der Waals surface area contributed by atoms with Gasteiger partial charge < -0.3 is 9.84 Å². The van der Waals surface area contributed by atoms with Crippen LogP contribution in [0.15, 0.2) is 17.0 Å². The van der Waals surface area contributed by atoms with Crippen molar-refractivity contribution >= 4 is 10.0 Å². The number of hydrogen-bond acceptors (Lipinski definition) is 4. The third-order valence-electron chi connectivity index (χ3n) is 3.12. The summed E-state index contributed by atoms with van der Waals surface area (Å²) in [5.41, 5.74) is -0.0146. The van der Waals surface area contributed by atoms with Crippen LogP contribution < -0.4 is 4.72 Å². The number of hydrogen-bond donors (Lipinski definition) is 2. The molecule has 1 fully saturated rings. The molecule has 0 saturated heterocycles. The molecule has 0 bridgehead atoms. The number of benzene rings is 1. The smallest absolute Gasteiger partial charge is 0.243 e. The quantitative estimate of drug-likeness (QED) is 0.705. The molecule has 1 aromatic carbocycles. The Kier molecular flexibility index (Phi) is 5.26. The first-order valence-corrected chi connectivity index (χ1v) is 8.08. The summed E-state index contributed by atoms with van der Waals surface area (Å²) < 4.78 is 58.1. The van der Waals surface area contributed by atoms with Crippen LogP contribution in [0.3, 0.4) is 0 Å². The molecule has 0 heterocycles. The van der Waals surface area contributed by atoms with Gasteiger partial charge in [-0.3, -0.25) is 0 Å². The standard InChI is InChI=1S/C13H17F2NO4S/c14-11-5-10(7-17)6-12(13(11)15)21(18,19)16-3-4-20-8-9-1-2-9/h5-6,9,16-17H,1-4,7-8H2. The van der Waals surface area contributed by atoms with Gasteiger partial charge in [-0.2, -0.15) is 0 Å². The number of aliphatic hydroxyl groups excluding tert-OH is 1. The van der Waals surface area contributed by atoms with Crippen molar-refractivity contribution in [2.24, 2.45) is 5.92 Å². The SMILES string of the molecule is O=S(=O)(NCCOCC1CC1)c1cc(CO)cc(F)c1F. The van der Waals surface area contributed by atoms with E-state index in [1.54, 1.807) is 0 Å². The molecule has 1 aliphatic rings. The Balaban J connectivity index is 1.98. The van der Waals surface area contributed by atoms with Crippen molar-refractivity contribution < 1.29 is 27.0 Å². The Morgan fingerprint density at radius 1 is 1.33 bits per heavy atom. The predicted molar refractivity (Wildman–Crippen MR) is 71.0 cm³/mol. The highest BCUT2D eigenvalue weighted by molar-refractivity contribution is 7.89. The van der Waals surface area contributed by atoms with Gasteiger partial charge in [0.2, 0.25) is 10.0 Å². The van der Waals surface area contributed by atoms with Gasteiger partial charge in [-0.25, -0.2) is 21.9 Å². The van der Waals surface area contributed by atoms with E-state index in [-0.39, 0.29) is 18.7 Å². The summed E-state index contributed by atoms with van der Waals surface area (Å²) >= 11 is 0. The van der Waals surface area contributed by atoms with Crippen LogP contribution in [0, 0.1) is 17.6 Å². The molecule has 2 N–H and O–H groups in total. The highest BCUT2D eigenvalue weighted by Gasteiger charge is 2.23. The zero-order valence-corrected chi connectivity index (χ0v) is 12.1. The summed E-state index contributed by atoms with van der Waals surface area (Å²) in [7, 11) is -4.19. The molecule has 0 spiro atoms. The Labute approximate surface area is 122 Å². The molecule has 1 aromatic rings. The Hall–Kier alpha value is -1.09. The van der Waals surface area contributed by atoms with Crippen molar-refractivity contribution in [3.05, 3.63) is 29.3 Å². The number of sulfonamides is 1. The van der Waals surface area contributed by atoms with Gasteiger partial charge >= 0.3 is 0 Å². The largest absolute Gasteiger partial charge is 0.392 e. The maximum absolute atomic E-state index is 13.6. The summed E-state index contributed by atoms with van der Waals surface area (Å²) in [4.78, 5) is -0.811. The highest BCUT2D eigenvalue weighted by atomic mass is 32.2. The van der Waals surface area contributed by atoms with Gasteiger partial charge in [0.05, 0.1) is 13.2 Å². The molecule has 0 atom stereocenters. The molecule has 2 rings (SSSR count). The van der Waals surface area contributed by atoms with E-state index < -0.39 is 33.2 Å². The normalized spacial score (nSPS) is 15.4. The summed E-state index contributed by atoms with van der Waals surface area (Å²) in [6, 6.07) is 1.67. The van der Waals surface area contributed by atoms with Gasteiger partial charge in [0.1, 0.15) is 4.90 Å². The van der Waals surface area contributed by atoms with E-state index in [1.807, 2.05) is 0 Å². The van der Waals surface area contributed by atoms with Gasteiger partial charge in [0.25, 0.3) is 0 Å². The van der Waals surface area contributed by atoms with Crippen LogP contribution in [0.25, 0.3) is 0 Å². The summed E-state index contributed by atoms with van der Waals surface area (Å²) in [5.74, 6) is -2.21. The first-order chi connectivity index (χ1) is 9.94. The Morgan fingerprint density at radius 2 is 2.05 bits per heavy atom. The lowest BCUT2D eigenvalue weighted by atomic mass is 10.2. The van der Waals surface area contributed by atoms with Crippen molar-refractivity contribution in [1.29, 1.82) is 0 Å². The van der Waals surface area contributed by atoms with E-state index in [0.717, 1.165) is 25.0 Å². The maximum Gasteiger partial charge on any atom is 0.243 e. The zero-order chi connectivity index (χ0) is 15.5. The molecule has 1 saturated carbocycles. The van der Waals surface area contributed by atoms with Crippen molar-refractivity contribution in [1.82, 2.24) is 4.72 Å². The van der Waals surface area contributed by atoms with E-state index in [1.165, 1.54) is 0 Å². The Morgan fingerprint density at radius 3 is 2.67 bits per heavy atom. The molecule has 0 aromatic heterocycles. The lowest BCUT2D eigenvalue weighted by Crippen LogP contribution is -2.28. The van der Waals surface area contributed by atoms with Crippen LogP contribution in [0.1, 0.15) is 18.4 Å². The monoisotopic (exact) mass is 321 g/mol. The summed E-state index contributed by atoms with van der Waals surface area (Å²) in [5, 5.41) is 8.92. The third kappa shape index (κ3) is 4.44. The molecular formula is C13H17F2NO4S. The lowest BCUT2D eigenvalue weighted by Gasteiger charge is -2.10. The molecule has 0 amide bonds. The van der Waals surface area contributed by atoms with Gasteiger partial charge in [0.15, 0.2) is 11.6 Å². The van der Waals surface area contributed by atoms with E-state index in [4.69, 9.17) is 9.84 Å². The average molecular weight is 321 g/mol. The molecule has 21 heavy (non-hydrogen) atoms. The third-order valence-corrected chi connectivity index (χ3v) is 4.58. The van der Waals surface area contributed by atoms with E-state index in [9.17, 15) is 17.2 Å². The van der Waals surface area contributed by atoms with Crippen LogP contribution in [0.2, 0.25) is 0 Å². The number of halogens is 2. The summed E-state index contributed by atoms with van der Waals surface area (Å²) in [6.45, 7) is 0.147. The number of ether oxygens (including phenoxy) is 1. The molecule has 5 nitrogen and oxygen atoms in total. The fourth-order valence-corrected chi connectivity index (χ4v) is 2.91. The second-order valence-corrected chi connectivity index (χ2v) is 6.70. The lowest BCUT2D eigenvalue weighted by molar-refractivity contribution is 0.129. The Bertz CT molecular complexity index is 602. The van der Waals surface area contributed by atoms with Crippen molar-refractivity contribution in [2.75, 3.05) is 19.8 Å². The summed E-state index contributed by atoms with van der Waals surface area (Å²) in [6.07, 6.45) is 2.26. The van der Waals surface area contributed by atoms with Crippen LogP contribution in [0.5, 0.6) is 0 Å². The first-order valence-electron chi connectivity index (χ1n) is 6.60. The van der Waals surface area contributed by atoms with Gasteiger partial charge in [0, 0.05) is 13.2 Å². The molecule has 0 unspecified atom stereocenters. The van der Waals surface area contributed by atoms with Crippen LogP contribution in [-0.4, -0.2) is 33.3 Å². The van der Waals surface area contributed by atoms with Crippen molar-refractivity contribution in [3.63, 3.8) is 0 Å². The minimum Gasteiger partial charge on any atom is -0.392 e. The fraction of sp³-hybridized carbons (Fsp3) is 0.538. The van der Waals surface area contributed by atoms with Gasteiger partial charge in [-0.1, -0.05) is 0 Å². The molecular weight excluding hydrogens is 304 g/mol. The number of rotatable bonds is 8. The van der Waals surface area contributed by atoms with E-state index in [0.29, 0.717) is 12.5 Å². The minimum atomic E-state index is -4.19. The number of aliphatic hydroxyl groups is 1. The van der Waals surface area contributed by atoms with Crippen LogP contribution in [-0.2, 0) is 21.4 Å². The second-order valence-electron chi connectivity index (χ2n) is 4.96. The minimum absolute atomic E-state index is 0.0146. The second kappa shape index (κ2) is 6.78. The molecule has 0 aliphatic heterocycles. The highest BCUT2D eigenvalue weighted by Crippen LogP contribution is 2.28. The topological polar surface area (TPSA) is 75.6 Å². The molecule has 0 radical (unpaired) electrons. The molecule has 8 heteroatoms. The maximum atomic E-state index is 13.6. The first kappa shape index (κ1) is 16.3. The fourth-order valence-electron chi connectivity index (χ4n) is 1.76. The molecule has 118 valence electrons. The molecule has 1 aliphatic carbocycles. The van der Waals surface area contributed by atoms with Crippen molar-refractivity contribution in [3.8, 4) is 0 Å². The van der Waals surface area contributed by atoms with E-state index in [2.05, 4.69) is 4.72 Å². The zero-order valence-electron chi connectivity index (χ0n) is 11.3.